The molecule has 3 fully saturated rings. The van der Waals surface area contributed by atoms with Crippen molar-refractivity contribution >= 4 is 54.0 Å². The zero-order valence-corrected chi connectivity index (χ0v) is 33.1. The lowest BCUT2D eigenvalue weighted by molar-refractivity contribution is -0.150. The van der Waals surface area contributed by atoms with Crippen molar-refractivity contribution in [2.24, 2.45) is 5.92 Å². The van der Waals surface area contributed by atoms with Gasteiger partial charge in [-0.1, -0.05) is 73.9 Å². The van der Waals surface area contributed by atoms with E-state index in [-0.39, 0.29) is 48.3 Å². The summed E-state index contributed by atoms with van der Waals surface area (Å²) in [6.45, 7) is 8.29. The summed E-state index contributed by atoms with van der Waals surface area (Å²) in [5.74, 6) is 0.444. The lowest BCUT2D eigenvalue weighted by Gasteiger charge is -2.37. The van der Waals surface area contributed by atoms with E-state index in [0.29, 0.717) is 31.1 Å². The third-order valence-corrected chi connectivity index (χ3v) is 17.1. The number of aliphatic hydroxyl groups is 1. The molecule has 4 heterocycles. The number of amides is 3. The molecule has 9 nitrogen and oxygen atoms in total. The van der Waals surface area contributed by atoms with Crippen LogP contribution in [0.2, 0.25) is 23.7 Å². The average molecular weight is 758 g/mol. The molecule has 53 heavy (non-hydrogen) atoms. The highest BCUT2D eigenvalue weighted by atomic mass is 35.5. The second-order valence-electron chi connectivity index (χ2n) is 15.9. The van der Waals surface area contributed by atoms with Crippen LogP contribution in [-0.2, 0) is 31.3 Å². The third-order valence-electron chi connectivity index (χ3n) is 12.5. The molecular formula is C42H52ClN3O6Si. The molecule has 3 saturated heterocycles. The fourth-order valence-corrected chi connectivity index (χ4v) is 13.9. The fourth-order valence-electron chi connectivity index (χ4n) is 9.68. The van der Waals surface area contributed by atoms with Crippen LogP contribution >= 0.6 is 11.6 Å². The Morgan fingerprint density at radius 3 is 2.43 bits per heavy atom. The maximum atomic E-state index is 15.2. The summed E-state index contributed by atoms with van der Waals surface area (Å²) < 4.78 is 12.7. The van der Waals surface area contributed by atoms with Gasteiger partial charge in [-0.2, -0.15) is 0 Å². The molecule has 3 aromatic rings. The SMILES string of the molecule is COc1ccc([Si](C)(C)[C@H]2[C@H](CC(=O)N3CCC[C@H]3CO)O[C@@]3(C(=O)N(Cc4ccc(N5CCCCCCC5=O)cc4)c4ccc(Cl)cc43)[C@@H]2C)cc1. The monoisotopic (exact) mass is 757 g/mol. The molecule has 282 valence electrons. The molecule has 1 N–H and O–H groups in total. The Labute approximate surface area is 319 Å². The van der Waals surface area contributed by atoms with Crippen molar-refractivity contribution in [1.29, 1.82) is 0 Å². The molecule has 0 unspecified atom stereocenters. The van der Waals surface area contributed by atoms with Crippen molar-refractivity contribution in [3.63, 3.8) is 0 Å². The molecular weight excluding hydrogens is 706 g/mol. The van der Waals surface area contributed by atoms with Crippen molar-refractivity contribution in [2.75, 3.05) is 36.6 Å². The third kappa shape index (κ3) is 6.81. The van der Waals surface area contributed by atoms with Crippen LogP contribution in [-0.4, -0.2) is 74.8 Å². The van der Waals surface area contributed by atoms with Crippen LogP contribution in [0.1, 0.15) is 69.4 Å². The van der Waals surface area contributed by atoms with E-state index in [4.69, 9.17) is 21.1 Å². The van der Waals surface area contributed by atoms with E-state index in [0.717, 1.165) is 66.8 Å². The number of benzene rings is 3. The minimum atomic E-state index is -2.47. The molecule has 11 heteroatoms. The summed E-state index contributed by atoms with van der Waals surface area (Å²) in [7, 11) is -0.813. The van der Waals surface area contributed by atoms with Crippen LogP contribution in [0.25, 0.3) is 0 Å². The zero-order chi connectivity index (χ0) is 37.5. The summed E-state index contributed by atoms with van der Waals surface area (Å²) in [4.78, 5) is 47.7. The first-order valence-electron chi connectivity index (χ1n) is 19.2. The van der Waals surface area contributed by atoms with E-state index < -0.39 is 19.8 Å². The average Bonchev–Trinajstić information content (AvgIpc) is 3.81. The number of halogens is 1. The number of anilines is 2. The molecule has 0 aromatic heterocycles. The largest absolute Gasteiger partial charge is 0.497 e. The Morgan fingerprint density at radius 2 is 1.72 bits per heavy atom. The summed E-state index contributed by atoms with van der Waals surface area (Å²) >= 11 is 6.70. The van der Waals surface area contributed by atoms with Crippen LogP contribution in [0.4, 0.5) is 11.4 Å². The molecule has 3 aromatic carbocycles. The second-order valence-corrected chi connectivity index (χ2v) is 21.0. The number of hydrogen-bond acceptors (Lipinski definition) is 6. The Bertz CT molecular complexity index is 1840. The van der Waals surface area contributed by atoms with Crippen molar-refractivity contribution in [3.05, 3.63) is 82.9 Å². The quantitative estimate of drug-likeness (QED) is 0.242. The lowest BCUT2D eigenvalue weighted by atomic mass is 9.82. The van der Waals surface area contributed by atoms with Gasteiger partial charge in [0, 0.05) is 41.7 Å². The van der Waals surface area contributed by atoms with E-state index in [1.807, 2.05) is 64.4 Å². The van der Waals surface area contributed by atoms with Gasteiger partial charge in [0.25, 0.3) is 5.91 Å². The van der Waals surface area contributed by atoms with Gasteiger partial charge in [-0.25, -0.2) is 0 Å². The first-order chi connectivity index (χ1) is 25.5. The lowest BCUT2D eigenvalue weighted by Crippen LogP contribution is -2.52. The van der Waals surface area contributed by atoms with Gasteiger partial charge in [0.05, 0.1) is 52.6 Å². The van der Waals surface area contributed by atoms with Gasteiger partial charge in [-0.15, -0.1) is 0 Å². The summed E-state index contributed by atoms with van der Waals surface area (Å²) in [5.41, 5.74) is 1.85. The Balaban J connectivity index is 1.24. The maximum Gasteiger partial charge on any atom is 0.264 e. The van der Waals surface area contributed by atoms with Crippen molar-refractivity contribution in [2.45, 2.75) is 101 Å². The van der Waals surface area contributed by atoms with Gasteiger partial charge < -0.3 is 29.3 Å². The van der Waals surface area contributed by atoms with Crippen LogP contribution in [0, 0.1) is 5.92 Å². The van der Waals surface area contributed by atoms with E-state index in [9.17, 15) is 14.7 Å². The van der Waals surface area contributed by atoms with Gasteiger partial charge in [0.1, 0.15) is 5.75 Å². The highest BCUT2D eigenvalue weighted by Crippen LogP contribution is 2.60. The molecule has 4 aliphatic rings. The molecule has 0 bridgehead atoms. The number of fused-ring (bicyclic) bond motifs is 2. The van der Waals surface area contributed by atoms with Crippen LogP contribution < -0.4 is 19.7 Å². The zero-order valence-electron chi connectivity index (χ0n) is 31.4. The van der Waals surface area contributed by atoms with Crippen molar-refractivity contribution in [1.82, 2.24) is 4.90 Å². The summed E-state index contributed by atoms with van der Waals surface area (Å²) in [5, 5.41) is 11.8. The van der Waals surface area contributed by atoms with Gasteiger partial charge in [0.2, 0.25) is 11.8 Å². The van der Waals surface area contributed by atoms with E-state index in [1.165, 1.54) is 5.19 Å². The van der Waals surface area contributed by atoms with Gasteiger partial charge in [-0.3, -0.25) is 14.4 Å². The highest BCUT2D eigenvalue weighted by Gasteiger charge is 2.66. The summed E-state index contributed by atoms with van der Waals surface area (Å²) in [6.07, 6.45) is 5.92. The van der Waals surface area contributed by atoms with Crippen molar-refractivity contribution in [3.8, 4) is 5.75 Å². The topological polar surface area (TPSA) is 99.6 Å². The molecule has 0 aliphatic carbocycles. The minimum Gasteiger partial charge on any atom is -0.497 e. The summed E-state index contributed by atoms with van der Waals surface area (Å²) in [6, 6.07) is 21.6. The standard InChI is InChI=1S/C42H52ClN3O6Si/c1-28-40(53(3,4)34-19-17-33(51-2)18-20-34)37(25-39(49)45-23-9-10-32(45)27-47)52-42(28)35-24-30(43)14-21-36(35)46(41(42)50)26-29-12-15-31(16-13-29)44-22-8-6-5-7-11-38(44)48/h12-21,24,28,32,37,40,47H,5-11,22-23,25-27H2,1-4H3/t28-,32+,37+,40-,42+/m1/s1. The van der Waals surface area contributed by atoms with Crippen LogP contribution in [0.5, 0.6) is 5.75 Å². The van der Waals surface area contributed by atoms with E-state index >= 15 is 4.79 Å². The maximum absolute atomic E-state index is 15.2. The number of aliphatic hydroxyl groups excluding tert-OH is 1. The first kappa shape index (κ1) is 37.6. The van der Waals surface area contributed by atoms with E-state index in [2.05, 4.69) is 32.2 Å². The Hall–Kier alpha value is -3.70. The number of hydrogen-bond donors (Lipinski definition) is 1. The molecule has 4 aliphatic heterocycles. The number of ether oxygens (including phenoxy) is 2. The predicted molar refractivity (Wildman–Crippen MR) is 211 cm³/mol. The van der Waals surface area contributed by atoms with Gasteiger partial charge in [-0.05, 0) is 79.3 Å². The van der Waals surface area contributed by atoms with Crippen LogP contribution in [0.3, 0.4) is 0 Å². The molecule has 1 spiro atoms. The Kier molecular flexibility index (Phi) is 10.8. The normalized spacial score (nSPS) is 26.3. The fraction of sp³-hybridized carbons (Fsp3) is 0.500. The Morgan fingerprint density at radius 1 is 0.981 bits per heavy atom. The van der Waals surface area contributed by atoms with Gasteiger partial charge >= 0.3 is 0 Å². The molecule has 0 radical (unpaired) electrons. The van der Waals surface area contributed by atoms with Crippen LogP contribution in [0.15, 0.2) is 66.7 Å². The van der Waals surface area contributed by atoms with E-state index in [1.54, 1.807) is 12.0 Å². The molecule has 7 rings (SSSR count). The van der Waals surface area contributed by atoms with Crippen molar-refractivity contribution < 1.29 is 29.0 Å². The second kappa shape index (κ2) is 15.2. The molecule has 0 saturated carbocycles. The highest BCUT2D eigenvalue weighted by molar-refractivity contribution is 6.91. The number of likely N-dealkylation sites (tertiary alicyclic amines) is 1. The number of nitrogens with zero attached hydrogens (tertiary/aromatic N) is 3. The first-order valence-corrected chi connectivity index (χ1v) is 22.7. The smallest absolute Gasteiger partial charge is 0.264 e. The van der Waals surface area contributed by atoms with Gasteiger partial charge in [0.15, 0.2) is 5.60 Å². The predicted octanol–water partition coefficient (Wildman–Crippen LogP) is 6.78. The molecule has 3 amide bonds. The number of carbonyl (C=O) groups excluding carboxylic acids is 3. The number of methoxy groups -OCH3 is 1. The minimum absolute atomic E-state index is 0.0486. The number of carbonyl (C=O) groups is 3. The molecule has 5 atom stereocenters. The number of rotatable bonds is 9.